The highest BCUT2D eigenvalue weighted by molar-refractivity contribution is 6.16. The van der Waals surface area contributed by atoms with Gasteiger partial charge in [0.15, 0.2) is 11.5 Å². The second-order valence-electron chi connectivity index (χ2n) is 8.19. The van der Waals surface area contributed by atoms with Crippen molar-refractivity contribution in [2.75, 3.05) is 13.7 Å². The molecule has 32 heavy (non-hydrogen) atoms. The number of benzene rings is 2. The van der Waals surface area contributed by atoms with Gasteiger partial charge in [-0.3, -0.25) is 9.79 Å². The van der Waals surface area contributed by atoms with Gasteiger partial charge in [-0.05, 0) is 66.3 Å². The van der Waals surface area contributed by atoms with Crippen LogP contribution in [0.4, 0.5) is 0 Å². The van der Waals surface area contributed by atoms with Crippen LogP contribution >= 0.6 is 0 Å². The summed E-state index contributed by atoms with van der Waals surface area (Å²) in [6, 6.07) is 9.98. The van der Waals surface area contributed by atoms with Crippen molar-refractivity contribution in [2.24, 2.45) is 4.99 Å². The van der Waals surface area contributed by atoms with Crippen molar-refractivity contribution < 1.29 is 23.6 Å². The van der Waals surface area contributed by atoms with Gasteiger partial charge in [-0.2, -0.15) is 0 Å². The third-order valence-electron chi connectivity index (χ3n) is 6.21. The number of nitrogens with zero attached hydrogens (tertiary/aromatic N) is 3. The van der Waals surface area contributed by atoms with Crippen LogP contribution in [0.2, 0.25) is 0 Å². The first-order valence-corrected chi connectivity index (χ1v) is 10.9. The van der Waals surface area contributed by atoms with E-state index in [9.17, 15) is 4.79 Å². The molecule has 1 fully saturated rings. The molecule has 8 heteroatoms. The highest BCUT2D eigenvalue weighted by atomic mass is 16.6. The maximum Gasteiger partial charge on any atom is 0.302 e. The minimum absolute atomic E-state index is 0.0957. The predicted octanol–water partition coefficient (Wildman–Crippen LogP) is 4.05. The van der Waals surface area contributed by atoms with E-state index in [1.807, 2.05) is 31.2 Å². The summed E-state index contributed by atoms with van der Waals surface area (Å²) in [6.07, 6.45) is 2.27. The summed E-state index contributed by atoms with van der Waals surface area (Å²) in [7, 11) is 1.64. The zero-order valence-electron chi connectivity index (χ0n) is 18.3. The fourth-order valence-corrected chi connectivity index (χ4v) is 4.86. The van der Waals surface area contributed by atoms with Crippen molar-refractivity contribution >= 4 is 22.7 Å². The molecule has 2 heterocycles. The van der Waals surface area contributed by atoms with Crippen molar-refractivity contribution in [1.29, 1.82) is 0 Å². The van der Waals surface area contributed by atoms with Crippen molar-refractivity contribution in [3.63, 3.8) is 0 Å². The molecular weight excluding hydrogens is 410 g/mol. The Balaban J connectivity index is 1.63. The molecule has 0 N–H and O–H groups in total. The molecule has 2 aromatic carbocycles. The third kappa shape index (κ3) is 3.59. The van der Waals surface area contributed by atoms with Crippen molar-refractivity contribution in [1.82, 2.24) is 10.3 Å². The predicted molar refractivity (Wildman–Crippen MR) is 118 cm³/mol. The number of carbonyl (C=O) groups excluding carboxylic acids is 1. The van der Waals surface area contributed by atoms with Gasteiger partial charge < -0.3 is 14.2 Å². The van der Waals surface area contributed by atoms with Crippen molar-refractivity contribution in [3.05, 3.63) is 47.0 Å². The van der Waals surface area contributed by atoms with Gasteiger partial charge >= 0.3 is 5.97 Å². The first-order chi connectivity index (χ1) is 15.6. The van der Waals surface area contributed by atoms with Crippen LogP contribution in [0, 0.1) is 0 Å². The summed E-state index contributed by atoms with van der Waals surface area (Å²) >= 11 is 0. The summed E-state index contributed by atoms with van der Waals surface area (Å²) in [5, 5.41) is 7.89. The normalized spacial score (nSPS) is 22.0. The summed E-state index contributed by atoms with van der Waals surface area (Å²) in [4.78, 5) is 16.7. The van der Waals surface area contributed by atoms with Crippen LogP contribution in [0.25, 0.3) is 11.0 Å². The highest BCUT2D eigenvalue weighted by Crippen LogP contribution is 2.45. The summed E-state index contributed by atoms with van der Waals surface area (Å²) in [5.41, 5.74) is 5.35. The van der Waals surface area contributed by atoms with Crippen LogP contribution in [0.3, 0.4) is 0 Å². The lowest BCUT2D eigenvalue weighted by atomic mass is 9.74. The first-order valence-electron chi connectivity index (χ1n) is 10.9. The standard InChI is InChI=1S/C24H25N3O5/c1-4-30-23-11-16-17-10-15(31-13(2)28)6-8-19(17)25-24(18(16)12-22(23)29-3)14-5-7-20-21(9-14)27-32-26-20/h5,7,9,11-12,15,17,19H,4,6,8,10H2,1-3H3. The smallest absolute Gasteiger partial charge is 0.302 e. The largest absolute Gasteiger partial charge is 0.493 e. The average molecular weight is 435 g/mol. The average Bonchev–Trinajstić information content (AvgIpc) is 3.26. The minimum Gasteiger partial charge on any atom is -0.493 e. The van der Waals surface area contributed by atoms with E-state index in [1.165, 1.54) is 6.92 Å². The molecule has 0 amide bonds. The van der Waals surface area contributed by atoms with Crippen molar-refractivity contribution in [3.8, 4) is 11.5 Å². The Kier molecular flexibility index (Phi) is 5.28. The summed E-state index contributed by atoms with van der Waals surface area (Å²) in [6.45, 7) is 3.95. The Bertz CT molecular complexity index is 1200. The Morgan fingerprint density at radius 2 is 1.97 bits per heavy atom. The number of hydrogen-bond acceptors (Lipinski definition) is 8. The molecule has 3 aromatic rings. The lowest BCUT2D eigenvalue weighted by molar-refractivity contribution is -0.148. The lowest BCUT2D eigenvalue weighted by Gasteiger charge is -2.38. The number of carbonyl (C=O) groups is 1. The minimum atomic E-state index is -0.243. The molecule has 8 nitrogen and oxygen atoms in total. The molecule has 166 valence electrons. The number of hydrogen-bond donors (Lipinski definition) is 0. The van der Waals surface area contributed by atoms with Gasteiger partial charge in [0, 0.05) is 24.0 Å². The highest BCUT2D eigenvalue weighted by Gasteiger charge is 2.38. The Labute approximate surface area is 185 Å². The number of esters is 1. The van der Waals surface area contributed by atoms with E-state index in [2.05, 4.69) is 16.4 Å². The fraction of sp³-hybridized carbons (Fsp3) is 0.417. The molecule has 1 aromatic heterocycles. The molecule has 1 saturated carbocycles. The summed E-state index contributed by atoms with van der Waals surface area (Å²) in [5.74, 6) is 1.26. The van der Waals surface area contributed by atoms with Crippen LogP contribution in [0.15, 0.2) is 40.0 Å². The number of ether oxygens (including phenoxy) is 3. The fourth-order valence-electron chi connectivity index (χ4n) is 4.86. The lowest BCUT2D eigenvalue weighted by Crippen LogP contribution is -2.36. The van der Waals surface area contributed by atoms with E-state index in [4.69, 9.17) is 23.8 Å². The number of rotatable bonds is 5. The van der Waals surface area contributed by atoms with E-state index < -0.39 is 0 Å². The van der Waals surface area contributed by atoms with E-state index in [-0.39, 0.29) is 24.0 Å². The Hall–Kier alpha value is -3.42. The molecule has 3 unspecified atom stereocenters. The summed E-state index contributed by atoms with van der Waals surface area (Å²) < 4.78 is 21.9. The molecule has 0 spiro atoms. The van der Waals surface area contributed by atoms with E-state index in [0.717, 1.165) is 41.7 Å². The Morgan fingerprint density at radius 1 is 1.12 bits per heavy atom. The van der Waals surface area contributed by atoms with Crippen molar-refractivity contribution in [2.45, 2.75) is 51.2 Å². The second kappa shape index (κ2) is 8.26. The zero-order valence-corrected chi connectivity index (χ0v) is 18.3. The van der Waals surface area contributed by atoms with E-state index >= 15 is 0 Å². The van der Waals surface area contributed by atoms with Gasteiger partial charge in [0.05, 0.1) is 25.5 Å². The molecule has 0 bridgehead atoms. The monoisotopic (exact) mass is 435 g/mol. The van der Waals surface area contributed by atoms with E-state index in [0.29, 0.717) is 29.1 Å². The maximum atomic E-state index is 11.6. The number of methoxy groups -OCH3 is 1. The molecule has 0 saturated heterocycles. The molecule has 3 atom stereocenters. The van der Waals surface area contributed by atoms with Gasteiger partial charge in [-0.1, -0.05) is 6.07 Å². The van der Waals surface area contributed by atoms with E-state index in [1.54, 1.807) is 7.11 Å². The van der Waals surface area contributed by atoms with Crippen LogP contribution in [0.1, 0.15) is 55.7 Å². The van der Waals surface area contributed by atoms with Gasteiger partial charge in [0.1, 0.15) is 17.1 Å². The first kappa shape index (κ1) is 20.5. The molecule has 2 aliphatic rings. The van der Waals surface area contributed by atoms with Gasteiger partial charge in [0.25, 0.3) is 0 Å². The SMILES string of the molecule is CCOc1cc2c(cc1OC)C(c1ccc3nonc3c1)=NC1CCC(OC(C)=O)CC21. The number of aromatic nitrogens is 2. The molecule has 0 radical (unpaired) electrons. The number of aliphatic imine (C=N–C) groups is 1. The quantitative estimate of drug-likeness (QED) is 0.558. The molecule has 1 aliphatic heterocycles. The molecule has 5 rings (SSSR count). The number of fused-ring (bicyclic) bond motifs is 4. The topological polar surface area (TPSA) is 96.0 Å². The van der Waals surface area contributed by atoms with Crippen LogP contribution in [0.5, 0.6) is 11.5 Å². The molecular formula is C24H25N3O5. The Morgan fingerprint density at radius 3 is 2.75 bits per heavy atom. The van der Waals surface area contributed by atoms with Gasteiger partial charge in [0.2, 0.25) is 0 Å². The van der Waals surface area contributed by atoms with Gasteiger partial charge in [-0.25, -0.2) is 4.63 Å². The molecule has 1 aliphatic carbocycles. The third-order valence-corrected chi connectivity index (χ3v) is 6.21. The van der Waals surface area contributed by atoms with Crippen LogP contribution in [-0.4, -0.2) is 47.9 Å². The maximum absolute atomic E-state index is 11.6. The second-order valence-corrected chi connectivity index (χ2v) is 8.19. The van der Waals surface area contributed by atoms with Crippen LogP contribution < -0.4 is 9.47 Å². The zero-order chi connectivity index (χ0) is 22.2. The van der Waals surface area contributed by atoms with Gasteiger partial charge in [-0.15, -0.1) is 0 Å². The van der Waals surface area contributed by atoms with Crippen LogP contribution in [-0.2, 0) is 9.53 Å².